The number of aromatic carboxylic acids is 1. The van der Waals surface area contributed by atoms with Crippen LogP contribution < -0.4 is 0 Å². The lowest BCUT2D eigenvalue weighted by atomic mass is 10.2. The van der Waals surface area contributed by atoms with Gasteiger partial charge in [-0.3, -0.25) is 0 Å². The Hall–Kier alpha value is -1.67. The van der Waals surface area contributed by atoms with Crippen LogP contribution in [0.2, 0.25) is 0 Å². The van der Waals surface area contributed by atoms with Gasteiger partial charge in [0, 0.05) is 13.1 Å². The molecule has 0 unspecified atom stereocenters. The number of phenols is 1. The highest BCUT2D eigenvalue weighted by molar-refractivity contribution is 7.89. The summed E-state index contributed by atoms with van der Waals surface area (Å²) in [6, 6.07) is 2.97. The molecule has 19 heavy (non-hydrogen) atoms. The van der Waals surface area contributed by atoms with Gasteiger partial charge in [0.1, 0.15) is 17.5 Å². The first-order valence-corrected chi connectivity index (χ1v) is 6.97. The second-order valence-corrected chi connectivity index (χ2v) is 6.17. The molecule has 1 heterocycles. The Bertz CT molecular complexity index is 616. The normalized spacial score (nSPS) is 20.6. The summed E-state index contributed by atoms with van der Waals surface area (Å²) in [5, 5.41) is 18.2. The molecule has 0 radical (unpaired) electrons. The fraction of sp³-hybridized carbons (Fsp3) is 0.364. The van der Waals surface area contributed by atoms with Gasteiger partial charge in [0.15, 0.2) is 0 Å². The lowest BCUT2D eigenvalue weighted by molar-refractivity contribution is 0.0693. The first kappa shape index (κ1) is 13.8. The molecule has 8 heteroatoms. The van der Waals surface area contributed by atoms with Crippen LogP contribution in [0.3, 0.4) is 0 Å². The Morgan fingerprint density at radius 1 is 1.42 bits per heavy atom. The van der Waals surface area contributed by atoms with Crippen LogP contribution >= 0.6 is 0 Å². The van der Waals surface area contributed by atoms with Crippen LogP contribution in [-0.4, -0.2) is 48.2 Å². The summed E-state index contributed by atoms with van der Waals surface area (Å²) in [6.07, 6.45) is -1.07. The number of hydrogen-bond donors (Lipinski definition) is 2. The van der Waals surface area contributed by atoms with Crippen LogP contribution in [0, 0.1) is 0 Å². The Morgan fingerprint density at radius 3 is 2.63 bits per heavy atom. The number of hydrogen-bond acceptors (Lipinski definition) is 4. The lowest BCUT2D eigenvalue weighted by Crippen LogP contribution is -2.29. The maximum Gasteiger partial charge on any atom is 0.339 e. The van der Waals surface area contributed by atoms with Gasteiger partial charge in [-0.25, -0.2) is 17.6 Å². The van der Waals surface area contributed by atoms with E-state index in [-0.39, 0.29) is 24.4 Å². The Morgan fingerprint density at radius 2 is 2.11 bits per heavy atom. The van der Waals surface area contributed by atoms with Crippen molar-refractivity contribution in [2.45, 2.75) is 17.5 Å². The van der Waals surface area contributed by atoms with Crippen LogP contribution in [0.25, 0.3) is 0 Å². The van der Waals surface area contributed by atoms with Crippen LogP contribution in [0.15, 0.2) is 23.1 Å². The van der Waals surface area contributed by atoms with Crippen molar-refractivity contribution in [3.63, 3.8) is 0 Å². The first-order valence-electron chi connectivity index (χ1n) is 5.53. The third-order valence-corrected chi connectivity index (χ3v) is 4.79. The molecule has 1 atom stereocenters. The minimum Gasteiger partial charge on any atom is -0.507 e. The molecule has 0 aromatic heterocycles. The molecule has 1 aliphatic rings. The van der Waals surface area contributed by atoms with Gasteiger partial charge in [0.25, 0.3) is 0 Å². The monoisotopic (exact) mass is 289 g/mol. The van der Waals surface area contributed by atoms with Gasteiger partial charge >= 0.3 is 5.97 Å². The van der Waals surface area contributed by atoms with E-state index in [0.29, 0.717) is 0 Å². The number of carboxylic acids is 1. The molecule has 104 valence electrons. The number of carbonyl (C=O) groups is 1. The highest BCUT2D eigenvalue weighted by atomic mass is 32.2. The molecular formula is C11H12FNO5S. The summed E-state index contributed by atoms with van der Waals surface area (Å²) in [4.78, 5) is 10.6. The molecule has 1 aromatic carbocycles. The summed E-state index contributed by atoms with van der Waals surface area (Å²) in [6.45, 7) is -0.168. The van der Waals surface area contributed by atoms with Gasteiger partial charge in [-0.05, 0) is 24.6 Å². The highest BCUT2D eigenvalue weighted by Gasteiger charge is 2.33. The van der Waals surface area contributed by atoms with E-state index in [1.54, 1.807) is 0 Å². The Balaban J connectivity index is 2.41. The van der Waals surface area contributed by atoms with Gasteiger partial charge in [-0.2, -0.15) is 4.31 Å². The second kappa shape index (κ2) is 4.78. The molecule has 6 nitrogen and oxygen atoms in total. The van der Waals surface area contributed by atoms with Crippen LogP contribution in [-0.2, 0) is 10.0 Å². The molecule has 0 amide bonds. The van der Waals surface area contributed by atoms with Crippen molar-refractivity contribution in [1.29, 1.82) is 0 Å². The number of halogens is 1. The molecule has 1 aliphatic heterocycles. The SMILES string of the molecule is O=C(O)c1cc(S(=O)(=O)N2CC[C@@H](F)C2)ccc1O. The van der Waals surface area contributed by atoms with Crippen LogP contribution in [0.5, 0.6) is 5.75 Å². The minimum absolute atomic E-state index is 0.0623. The summed E-state index contributed by atoms with van der Waals surface area (Å²) >= 11 is 0. The number of carboxylic acid groups (broad SMARTS) is 1. The number of alkyl halides is 1. The maximum atomic E-state index is 13.1. The smallest absolute Gasteiger partial charge is 0.339 e. The average Bonchev–Trinajstić information content (AvgIpc) is 2.76. The maximum absolute atomic E-state index is 13.1. The van der Waals surface area contributed by atoms with Crippen molar-refractivity contribution in [3.8, 4) is 5.75 Å². The number of nitrogens with zero attached hydrogens (tertiary/aromatic N) is 1. The standard InChI is InChI=1S/C11H12FNO5S/c12-7-3-4-13(6-7)19(17,18)8-1-2-10(14)9(5-8)11(15)16/h1-2,5,7,14H,3-4,6H2,(H,15,16)/t7-/m1/s1. The van der Waals surface area contributed by atoms with Crippen molar-refractivity contribution in [2.24, 2.45) is 0 Å². The predicted molar refractivity (Wildman–Crippen MR) is 63.3 cm³/mol. The zero-order valence-electron chi connectivity index (χ0n) is 9.78. The van der Waals surface area contributed by atoms with E-state index in [4.69, 9.17) is 5.11 Å². The lowest BCUT2D eigenvalue weighted by Gasteiger charge is -2.15. The van der Waals surface area contributed by atoms with Crippen molar-refractivity contribution in [1.82, 2.24) is 4.31 Å². The summed E-state index contributed by atoms with van der Waals surface area (Å²) in [5.74, 6) is -1.95. The molecule has 0 aliphatic carbocycles. The second-order valence-electron chi connectivity index (χ2n) is 4.23. The molecule has 1 aromatic rings. The zero-order chi connectivity index (χ0) is 14.2. The molecule has 1 fully saturated rings. The zero-order valence-corrected chi connectivity index (χ0v) is 10.6. The first-order chi connectivity index (χ1) is 8.82. The van der Waals surface area contributed by atoms with Gasteiger partial charge in [0.05, 0.1) is 4.90 Å². The molecule has 0 bridgehead atoms. The summed E-state index contributed by atoms with van der Waals surface area (Å²) < 4.78 is 38.3. The third-order valence-electron chi connectivity index (χ3n) is 2.93. The van der Waals surface area contributed by atoms with E-state index < -0.39 is 33.5 Å². The van der Waals surface area contributed by atoms with Crippen LogP contribution in [0.1, 0.15) is 16.8 Å². The van der Waals surface area contributed by atoms with Crippen molar-refractivity contribution >= 4 is 16.0 Å². The average molecular weight is 289 g/mol. The summed E-state index contributed by atoms with van der Waals surface area (Å²) in [5.41, 5.74) is -0.503. The van der Waals surface area contributed by atoms with E-state index in [2.05, 4.69) is 0 Å². The van der Waals surface area contributed by atoms with E-state index in [9.17, 15) is 22.7 Å². The van der Waals surface area contributed by atoms with Gasteiger partial charge in [-0.1, -0.05) is 0 Å². The van der Waals surface area contributed by atoms with Crippen LogP contribution in [0.4, 0.5) is 4.39 Å². The van der Waals surface area contributed by atoms with Gasteiger partial charge in [-0.15, -0.1) is 0 Å². The number of rotatable bonds is 3. The molecule has 2 rings (SSSR count). The summed E-state index contributed by atoms with van der Waals surface area (Å²) in [7, 11) is -3.93. The van der Waals surface area contributed by atoms with Gasteiger partial charge < -0.3 is 10.2 Å². The van der Waals surface area contributed by atoms with E-state index >= 15 is 0 Å². The quantitative estimate of drug-likeness (QED) is 0.859. The predicted octanol–water partition coefficient (Wildman–Crippen LogP) is 0.823. The van der Waals surface area contributed by atoms with Gasteiger partial charge in [0.2, 0.25) is 10.0 Å². The Kier molecular flexibility index (Phi) is 3.46. The van der Waals surface area contributed by atoms with E-state index in [1.807, 2.05) is 0 Å². The topological polar surface area (TPSA) is 94.9 Å². The largest absolute Gasteiger partial charge is 0.507 e. The number of aromatic hydroxyl groups is 1. The number of benzene rings is 1. The molecular weight excluding hydrogens is 277 g/mol. The van der Waals surface area contributed by atoms with Crippen molar-refractivity contribution in [2.75, 3.05) is 13.1 Å². The minimum atomic E-state index is -3.93. The van der Waals surface area contributed by atoms with Crippen molar-refractivity contribution < 1.29 is 27.8 Å². The molecule has 0 spiro atoms. The highest BCUT2D eigenvalue weighted by Crippen LogP contribution is 2.26. The third kappa shape index (κ3) is 2.54. The Labute approximate surface area is 109 Å². The van der Waals surface area contributed by atoms with Crippen molar-refractivity contribution in [3.05, 3.63) is 23.8 Å². The molecule has 2 N–H and O–H groups in total. The van der Waals surface area contributed by atoms with E-state index in [0.717, 1.165) is 22.5 Å². The van der Waals surface area contributed by atoms with E-state index in [1.165, 1.54) is 0 Å². The molecule has 1 saturated heterocycles. The molecule has 0 saturated carbocycles. The number of sulfonamides is 1. The fourth-order valence-corrected chi connectivity index (χ4v) is 3.41. The fourth-order valence-electron chi connectivity index (χ4n) is 1.90.